The maximum Gasteiger partial charge on any atom is 0.266 e. The van der Waals surface area contributed by atoms with Gasteiger partial charge in [-0.05, 0) is 36.4 Å². The maximum absolute atomic E-state index is 12.0. The van der Waals surface area contributed by atoms with E-state index in [1.165, 1.54) is 6.26 Å². The maximum atomic E-state index is 12.0. The van der Waals surface area contributed by atoms with E-state index in [0.717, 1.165) is 5.69 Å². The summed E-state index contributed by atoms with van der Waals surface area (Å²) in [7, 11) is 0. The van der Waals surface area contributed by atoms with Crippen LogP contribution in [-0.2, 0) is 4.79 Å². The number of halogens is 1. The molecule has 2 heterocycles. The Morgan fingerprint density at radius 3 is 2.64 bits per heavy atom. The van der Waals surface area contributed by atoms with Gasteiger partial charge in [0, 0.05) is 10.7 Å². The van der Waals surface area contributed by atoms with Crippen molar-refractivity contribution >= 4 is 35.8 Å². The summed E-state index contributed by atoms with van der Waals surface area (Å²) in [6.07, 6.45) is 0.928. The molecule has 3 rings (SSSR count). The van der Waals surface area contributed by atoms with E-state index in [1.54, 1.807) is 41.3 Å². The molecular formula is C15H10ClN3O2S. The number of carbonyl (C=O) groups is 1. The van der Waals surface area contributed by atoms with Gasteiger partial charge in [-0.3, -0.25) is 4.79 Å². The molecule has 7 heteroatoms. The second-order valence-electron chi connectivity index (χ2n) is 4.55. The van der Waals surface area contributed by atoms with E-state index in [2.05, 4.69) is 17.9 Å². The average Bonchev–Trinajstić information content (AvgIpc) is 3.03. The molecule has 2 aromatic rings. The van der Waals surface area contributed by atoms with Gasteiger partial charge in [-0.1, -0.05) is 11.6 Å². The van der Waals surface area contributed by atoms with Gasteiger partial charge in [-0.2, -0.15) is 5.26 Å². The van der Waals surface area contributed by atoms with E-state index in [9.17, 15) is 4.79 Å². The molecule has 1 N–H and O–H groups in total. The fourth-order valence-corrected chi connectivity index (χ4v) is 2.73. The summed E-state index contributed by atoms with van der Waals surface area (Å²) in [5.41, 5.74) is 0.671. The van der Waals surface area contributed by atoms with Gasteiger partial charge in [0.2, 0.25) is 0 Å². The fourth-order valence-electron chi connectivity index (χ4n) is 2.22. The SMILES string of the molecule is N#CC1=C(S)N(c2ccc(Cl)cc2)C(c2ccco2)NC1=O. The Bertz CT molecular complexity index is 778. The zero-order valence-electron chi connectivity index (χ0n) is 11.2. The minimum atomic E-state index is -0.590. The molecule has 0 saturated heterocycles. The number of nitrogens with zero attached hydrogens (tertiary/aromatic N) is 2. The van der Waals surface area contributed by atoms with Crippen molar-refractivity contribution in [3.63, 3.8) is 0 Å². The van der Waals surface area contributed by atoms with Gasteiger partial charge < -0.3 is 14.6 Å². The molecule has 1 aromatic heterocycles. The van der Waals surface area contributed by atoms with Gasteiger partial charge >= 0.3 is 0 Å². The molecule has 1 unspecified atom stereocenters. The van der Waals surface area contributed by atoms with E-state index in [-0.39, 0.29) is 10.6 Å². The van der Waals surface area contributed by atoms with Crippen LogP contribution in [0, 0.1) is 11.3 Å². The lowest BCUT2D eigenvalue weighted by Crippen LogP contribution is -2.45. The predicted octanol–water partition coefficient (Wildman–Crippen LogP) is 3.23. The minimum absolute atomic E-state index is 0.0545. The van der Waals surface area contributed by atoms with Crippen LogP contribution in [0.1, 0.15) is 11.9 Å². The molecule has 110 valence electrons. The molecule has 0 aliphatic carbocycles. The molecule has 0 radical (unpaired) electrons. The lowest BCUT2D eigenvalue weighted by atomic mass is 10.1. The van der Waals surface area contributed by atoms with Crippen LogP contribution in [-0.4, -0.2) is 5.91 Å². The Balaban J connectivity index is 2.14. The standard InChI is InChI=1S/C15H10ClN3O2S/c16-9-3-5-10(6-4-9)19-13(12-2-1-7-21-12)18-14(20)11(8-17)15(19)22/h1-7,13,22H,(H,18,20). The normalized spacial score (nSPS) is 18.1. The molecule has 1 aromatic carbocycles. The number of hydrogen-bond acceptors (Lipinski definition) is 5. The van der Waals surface area contributed by atoms with Gasteiger partial charge in [-0.25, -0.2) is 0 Å². The third kappa shape index (κ3) is 2.45. The van der Waals surface area contributed by atoms with Crippen LogP contribution >= 0.6 is 24.2 Å². The first-order valence-electron chi connectivity index (χ1n) is 6.34. The number of thiol groups is 1. The van der Waals surface area contributed by atoms with Crippen molar-refractivity contribution < 1.29 is 9.21 Å². The van der Waals surface area contributed by atoms with Gasteiger partial charge in [0.15, 0.2) is 6.17 Å². The molecule has 1 aliphatic heterocycles. The molecule has 0 fully saturated rings. The minimum Gasteiger partial charge on any atom is -0.465 e. The van der Waals surface area contributed by atoms with Crippen molar-refractivity contribution in [3.8, 4) is 6.07 Å². The molecule has 1 amide bonds. The molecule has 0 saturated carbocycles. The molecule has 5 nitrogen and oxygen atoms in total. The highest BCUT2D eigenvalue weighted by Crippen LogP contribution is 2.36. The highest BCUT2D eigenvalue weighted by atomic mass is 35.5. The van der Waals surface area contributed by atoms with E-state index in [1.807, 2.05) is 6.07 Å². The summed E-state index contributed by atoms with van der Waals surface area (Å²) in [5.74, 6) is 0.0472. The zero-order valence-corrected chi connectivity index (χ0v) is 12.8. The largest absolute Gasteiger partial charge is 0.465 e. The van der Waals surface area contributed by atoms with Gasteiger partial charge in [0.25, 0.3) is 5.91 Å². The number of amides is 1. The summed E-state index contributed by atoms with van der Waals surface area (Å²) in [6.45, 7) is 0. The number of nitrogens with one attached hydrogen (secondary N) is 1. The van der Waals surface area contributed by atoms with Crippen LogP contribution in [0.3, 0.4) is 0 Å². The van der Waals surface area contributed by atoms with Crippen LogP contribution in [0.15, 0.2) is 57.7 Å². The first-order chi connectivity index (χ1) is 10.6. The number of hydrogen-bond donors (Lipinski definition) is 2. The number of rotatable bonds is 2. The van der Waals surface area contributed by atoms with E-state index < -0.39 is 12.1 Å². The van der Waals surface area contributed by atoms with E-state index in [4.69, 9.17) is 21.3 Å². The highest BCUT2D eigenvalue weighted by molar-refractivity contribution is 7.84. The molecule has 1 aliphatic rings. The monoisotopic (exact) mass is 331 g/mol. The summed E-state index contributed by atoms with van der Waals surface area (Å²) in [4.78, 5) is 13.7. The quantitative estimate of drug-likeness (QED) is 0.829. The number of nitriles is 1. The van der Waals surface area contributed by atoms with E-state index >= 15 is 0 Å². The Labute approximate surface area is 137 Å². The topological polar surface area (TPSA) is 69.3 Å². The van der Waals surface area contributed by atoms with Crippen molar-refractivity contribution in [3.05, 3.63) is 64.0 Å². The number of furan rings is 1. The summed E-state index contributed by atoms with van der Waals surface area (Å²) in [6, 6.07) is 12.3. The molecular weight excluding hydrogens is 322 g/mol. The Hall–Kier alpha value is -2.36. The van der Waals surface area contributed by atoms with Crippen LogP contribution in [0.25, 0.3) is 0 Å². The zero-order chi connectivity index (χ0) is 15.7. The smallest absolute Gasteiger partial charge is 0.266 e. The molecule has 1 atom stereocenters. The fraction of sp³-hybridized carbons (Fsp3) is 0.0667. The molecule has 0 spiro atoms. The molecule has 22 heavy (non-hydrogen) atoms. The second-order valence-corrected chi connectivity index (χ2v) is 5.41. The summed E-state index contributed by atoms with van der Waals surface area (Å²) < 4.78 is 5.39. The first-order valence-corrected chi connectivity index (χ1v) is 7.16. The van der Waals surface area contributed by atoms with Crippen LogP contribution in [0.5, 0.6) is 0 Å². The van der Waals surface area contributed by atoms with Crippen molar-refractivity contribution in [2.75, 3.05) is 4.90 Å². The number of benzene rings is 1. The van der Waals surface area contributed by atoms with Crippen LogP contribution in [0.4, 0.5) is 5.69 Å². The van der Waals surface area contributed by atoms with Gasteiger partial charge in [0.05, 0.1) is 11.3 Å². The Morgan fingerprint density at radius 1 is 1.32 bits per heavy atom. The van der Waals surface area contributed by atoms with Crippen LogP contribution < -0.4 is 10.2 Å². The van der Waals surface area contributed by atoms with Crippen LogP contribution in [0.2, 0.25) is 5.02 Å². The Kier molecular flexibility index (Phi) is 3.84. The lowest BCUT2D eigenvalue weighted by molar-refractivity contribution is -0.118. The Morgan fingerprint density at radius 2 is 2.05 bits per heavy atom. The number of anilines is 1. The van der Waals surface area contributed by atoms with Crippen molar-refractivity contribution in [1.29, 1.82) is 5.26 Å². The first kappa shape index (κ1) is 14.6. The summed E-state index contributed by atoms with van der Waals surface area (Å²) in [5, 5.41) is 12.8. The van der Waals surface area contributed by atoms with Crippen molar-refractivity contribution in [2.45, 2.75) is 6.17 Å². The van der Waals surface area contributed by atoms with E-state index in [0.29, 0.717) is 10.8 Å². The van der Waals surface area contributed by atoms with Gasteiger partial charge in [-0.15, -0.1) is 12.6 Å². The molecule has 0 bridgehead atoms. The average molecular weight is 332 g/mol. The van der Waals surface area contributed by atoms with Gasteiger partial charge in [0.1, 0.15) is 17.4 Å². The van der Waals surface area contributed by atoms with Crippen molar-refractivity contribution in [2.24, 2.45) is 0 Å². The lowest BCUT2D eigenvalue weighted by Gasteiger charge is -2.36. The third-order valence-electron chi connectivity index (χ3n) is 3.23. The third-order valence-corrected chi connectivity index (χ3v) is 3.93. The predicted molar refractivity (Wildman–Crippen MR) is 85.1 cm³/mol. The number of carbonyl (C=O) groups excluding carboxylic acids is 1. The highest BCUT2D eigenvalue weighted by Gasteiger charge is 2.35. The second kappa shape index (κ2) is 5.79. The van der Waals surface area contributed by atoms with Crippen molar-refractivity contribution in [1.82, 2.24) is 5.32 Å². The summed E-state index contributed by atoms with van der Waals surface area (Å²) >= 11 is 10.3.